The number of rotatable bonds is 5. The number of thiophene rings is 1. The summed E-state index contributed by atoms with van der Waals surface area (Å²) in [5.41, 5.74) is 2.87. The predicted molar refractivity (Wildman–Crippen MR) is 104 cm³/mol. The molecule has 1 aromatic carbocycles. The van der Waals surface area contributed by atoms with Crippen molar-refractivity contribution < 1.29 is 9.53 Å². The second-order valence-corrected chi connectivity index (χ2v) is 7.61. The lowest BCUT2D eigenvalue weighted by Gasteiger charge is -2.29. The maximum atomic E-state index is 12.8. The van der Waals surface area contributed by atoms with E-state index in [2.05, 4.69) is 27.0 Å². The Morgan fingerprint density at radius 1 is 1.48 bits per heavy atom. The van der Waals surface area contributed by atoms with Gasteiger partial charge >= 0.3 is 0 Å². The molecule has 1 aromatic heterocycles. The van der Waals surface area contributed by atoms with Crippen LogP contribution in [0.2, 0.25) is 5.02 Å². The number of carbonyl (C=O) groups is 1. The minimum absolute atomic E-state index is 0.0258. The third-order valence-corrected chi connectivity index (χ3v) is 5.95. The number of amides is 1. The van der Waals surface area contributed by atoms with E-state index in [9.17, 15) is 4.79 Å². The highest BCUT2D eigenvalue weighted by atomic mass is 35.5. The summed E-state index contributed by atoms with van der Waals surface area (Å²) in [6.45, 7) is 4.81. The van der Waals surface area contributed by atoms with Gasteiger partial charge in [0.15, 0.2) is 0 Å². The zero-order chi connectivity index (χ0) is 18.0. The second kappa shape index (κ2) is 7.77. The lowest BCUT2D eigenvalue weighted by molar-refractivity contribution is -0.121. The van der Waals surface area contributed by atoms with Gasteiger partial charge in [-0.2, -0.15) is 11.3 Å². The summed E-state index contributed by atoms with van der Waals surface area (Å²) in [7, 11) is 1.58. The van der Waals surface area contributed by atoms with Gasteiger partial charge in [-0.1, -0.05) is 11.6 Å². The van der Waals surface area contributed by atoms with E-state index >= 15 is 0 Å². The first-order valence-electron chi connectivity index (χ1n) is 8.44. The number of halogens is 1. The number of nitrogens with zero attached hydrogens (tertiary/aromatic N) is 1. The molecule has 0 bridgehead atoms. The van der Waals surface area contributed by atoms with Gasteiger partial charge in [0.2, 0.25) is 5.91 Å². The Hall–Kier alpha value is -1.56. The number of aryl methyl sites for hydroxylation is 1. The Morgan fingerprint density at radius 3 is 2.96 bits per heavy atom. The maximum Gasteiger partial charge on any atom is 0.241 e. The van der Waals surface area contributed by atoms with Crippen molar-refractivity contribution in [3.05, 3.63) is 45.1 Å². The fraction of sp³-hybridized carbons (Fsp3) is 0.421. The van der Waals surface area contributed by atoms with E-state index in [0.29, 0.717) is 22.5 Å². The summed E-state index contributed by atoms with van der Waals surface area (Å²) >= 11 is 7.85. The molecule has 6 heteroatoms. The smallest absolute Gasteiger partial charge is 0.241 e. The van der Waals surface area contributed by atoms with Crippen molar-refractivity contribution in [2.24, 2.45) is 0 Å². The van der Waals surface area contributed by atoms with Crippen LogP contribution in [0.4, 0.5) is 5.69 Å². The molecule has 1 saturated heterocycles. The summed E-state index contributed by atoms with van der Waals surface area (Å²) in [5.74, 6) is 0.550. The highest BCUT2D eigenvalue weighted by Gasteiger charge is 2.33. The number of methoxy groups -OCH3 is 1. The van der Waals surface area contributed by atoms with Crippen LogP contribution in [0, 0.1) is 6.92 Å². The SMILES string of the molecule is COc1cc(Cl)c(C)cc1NC(=O)C(C)N1CCCC1c1ccsc1. The van der Waals surface area contributed by atoms with Crippen molar-refractivity contribution >= 4 is 34.5 Å². The number of hydrogen-bond acceptors (Lipinski definition) is 4. The molecule has 1 aliphatic heterocycles. The van der Waals surface area contributed by atoms with Gasteiger partial charge in [0.25, 0.3) is 0 Å². The molecular formula is C19H23ClN2O2S. The molecule has 0 spiro atoms. The summed E-state index contributed by atoms with van der Waals surface area (Å²) in [6, 6.07) is 5.85. The molecule has 1 N–H and O–H groups in total. The lowest BCUT2D eigenvalue weighted by atomic mass is 10.1. The zero-order valence-corrected chi connectivity index (χ0v) is 16.3. The molecule has 134 valence electrons. The van der Waals surface area contributed by atoms with Gasteiger partial charge in [-0.25, -0.2) is 0 Å². The van der Waals surface area contributed by atoms with Gasteiger partial charge in [-0.3, -0.25) is 9.69 Å². The fourth-order valence-corrected chi connectivity index (χ4v) is 4.25. The highest BCUT2D eigenvalue weighted by Crippen LogP contribution is 2.35. The molecule has 0 radical (unpaired) electrons. The molecule has 1 aliphatic rings. The van der Waals surface area contributed by atoms with Crippen LogP contribution in [-0.4, -0.2) is 30.5 Å². The molecule has 2 atom stereocenters. The summed E-state index contributed by atoms with van der Waals surface area (Å²) < 4.78 is 5.36. The van der Waals surface area contributed by atoms with Gasteiger partial charge in [-0.15, -0.1) is 0 Å². The Kier molecular flexibility index (Phi) is 5.67. The number of nitrogens with one attached hydrogen (secondary N) is 1. The lowest BCUT2D eigenvalue weighted by Crippen LogP contribution is -2.41. The van der Waals surface area contributed by atoms with Gasteiger partial charge in [0, 0.05) is 17.1 Å². The largest absolute Gasteiger partial charge is 0.495 e. The van der Waals surface area contributed by atoms with Crippen molar-refractivity contribution in [2.45, 2.75) is 38.8 Å². The summed E-state index contributed by atoms with van der Waals surface area (Å²) in [6.07, 6.45) is 2.21. The third kappa shape index (κ3) is 3.84. The van der Waals surface area contributed by atoms with Crippen molar-refractivity contribution in [1.29, 1.82) is 0 Å². The summed E-state index contributed by atoms with van der Waals surface area (Å²) in [4.78, 5) is 15.1. The molecule has 4 nitrogen and oxygen atoms in total. The van der Waals surface area contributed by atoms with Crippen LogP contribution in [0.15, 0.2) is 29.0 Å². The highest BCUT2D eigenvalue weighted by molar-refractivity contribution is 7.07. The van der Waals surface area contributed by atoms with Crippen molar-refractivity contribution in [1.82, 2.24) is 4.90 Å². The van der Waals surface area contributed by atoms with Gasteiger partial charge < -0.3 is 10.1 Å². The van der Waals surface area contributed by atoms with E-state index in [1.165, 1.54) is 5.56 Å². The standard InChI is InChI=1S/C19H23ClN2O2S/c1-12-9-16(18(24-3)10-15(12)20)21-19(23)13(2)22-7-4-5-17(22)14-6-8-25-11-14/h6,8-11,13,17H,4-5,7H2,1-3H3,(H,21,23). The van der Waals surface area contributed by atoms with Crippen molar-refractivity contribution in [3.8, 4) is 5.75 Å². The number of ether oxygens (including phenoxy) is 1. The molecular weight excluding hydrogens is 356 g/mol. The van der Waals surface area contributed by atoms with E-state index in [0.717, 1.165) is 24.9 Å². The zero-order valence-electron chi connectivity index (χ0n) is 14.7. The van der Waals surface area contributed by atoms with Crippen LogP contribution >= 0.6 is 22.9 Å². The Morgan fingerprint density at radius 2 is 2.28 bits per heavy atom. The van der Waals surface area contributed by atoms with Crippen LogP contribution in [0.1, 0.15) is 36.9 Å². The van der Waals surface area contributed by atoms with E-state index in [-0.39, 0.29) is 11.9 Å². The van der Waals surface area contributed by atoms with E-state index < -0.39 is 0 Å². The molecule has 1 amide bonds. The van der Waals surface area contributed by atoms with Crippen LogP contribution in [-0.2, 0) is 4.79 Å². The number of hydrogen-bond donors (Lipinski definition) is 1. The van der Waals surface area contributed by atoms with Crippen molar-refractivity contribution in [2.75, 3.05) is 19.0 Å². The van der Waals surface area contributed by atoms with Gasteiger partial charge in [-0.05, 0) is 67.3 Å². The first kappa shape index (κ1) is 18.2. The van der Waals surface area contributed by atoms with Crippen LogP contribution in [0.3, 0.4) is 0 Å². The van der Waals surface area contributed by atoms with Gasteiger partial charge in [0.1, 0.15) is 5.75 Å². The molecule has 3 rings (SSSR count). The Balaban J connectivity index is 1.76. The third-order valence-electron chi connectivity index (χ3n) is 4.84. The number of carbonyl (C=O) groups excluding carboxylic acids is 1. The first-order chi connectivity index (χ1) is 12.0. The quantitative estimate of drug-likeness (QED) is 0.805. The van der Waals surface area contributed by atoms with Crippen LogP contribution < -0.4 is 10.1 Å². The average molecular weight is 379 g/mol. The average Bonchev–Trinajstić information content (AvgIpc) is 3.27. The van der Waals surface area contributed by atoms with E-state index in [1.54, 1.807) is 24.5 Å². The Labute approximate surface area is 157 Å². The topological polar surface area (TPSA) is 41.6 Å². The molecule has 2 aromatic rings. The molecule has 0 saturated carbocycles. The maximum absolute atomic E-state index is 12.8. The number of anilines is 1. The number of likely N-dealkylation sites (tertiary alicyclic amines) is 1. The molecule has 25 heavy (non-hydrogen) atoms. The predicted octanol–water partition coefficient (Wildman–Crippen LogP) is 4.88. The molecule has 1 fully saturated rings. The number of benzene rings is 1. The normalized spacial score (nSPS) is 19.0. The second-order valence-electron chi connectivity index (χ2n) is 6.42. The molecule has 2 unspecified atom stereocenters. The van der Waals surface area contributed by atoms with Crippen LogP contribution in [0.5, 0.6) is 5.75 Å². The fourth-order valence-electron chi connectivity index (χ4n) is 3.39. The Bertz CT molecular complexity index is 748. The summed E-state index contributed by atoms with van der Waals surface area (Å²) in [5, 5.41) is 7.91. The minimum Gasteiger partial charge on any atom is -0.495 e. The van der Waals surface area contributed by atoms with Gasteiger partial charge in [0.05, 0.1) is 18.8 Å². The molecule has 2 heterocycles. The van der Waals surface area contributed by atoms with E-state index in [4.69, 9.17) is 16.3 Å². The molecule has 0 aliphatic carbocycles. The van der Waals surface area contributed by atoms with Crippen LogP contribution in [0.25, 0.3) is 0 Å². The first-order valence-corrected chi connectivity index (χ1v) is 9.76. The van der Waals surface area contributed by atoms with Crippen molar-refractivity contribution in [3.63, 3.8) is 0 Å². The minimum atomic E-state index is -0.215. The monoisotopic (exact) mass is 378 g/mol. The van der Waals surface area contributed by atoms with E-state index in [1.807, 2.05) is 19.9 Å².